The summed E-state index contributed by atoms with van der Waals surface area (Å²) in [5, 5.41) is 3.65. The van der Waals surface area contributed by atoms with Crippen molar-refractivity contribution in [2.45, 2.75) is 22.4 Å². The van der Waals surface area contributed by atoms with E-state index in [2.05, 4.69) is 10.3 Å². The van der Waals surface area contributed by atoms with E-state index in [0.29, 0.717) is 42.9 Å². The maximum absolute atomic E-state index is 14.0. The molecular formula is C33H24N4O4S3. The van der Waals surface area contributed by atoms with Crippen molar-refractivity contribution in [1.82, 2.24) is 9.55 Å². The summed E-state index contributed by atoms with van der Waals surface area (Å²) in [4.78, 5) is 37.6. The summed E-state index contributed by atoms with van der Waals surface area (Å²) in [7, 11) is 1.60. The first-order chi connectivity index (χ1) is 21.5. The van der Waals surface area contributed by atoms with Gasteiger partial charge >= 0.3 is 0 Å². The highest BCUT2D eigenvalue weighted by molar-refractivity contribution is 8.01. The van der Waals surface area contributed by atoms with E-state index in [0.717, 1.165) is 20.1 Å². The van der Waals surface area contributed by atoms with Crippen LogP contribution in [0.4, 0.5) is 5.69 Å². The predicted molar refractivity (Wildman–Crippen MR) is 174 cm³/mol. The molecule has 1 unspecified atom stereocenters. The van der Waals surface area contributed by atoms with E-state index in [4.69, 9.17) is 14.1 Å². The molecule has 0 radical (unpaired) electrons. The van der Waals surface area contributed by atoms with Crippen LogP contribution in [0.25, 0.3) is 16.3 Å². The smallest absolute Gasteiger partial charge is 0.271 e. The third kappa shape index (κ3) is 5.41. The van der Waals surface area contributed by atoms with Crippen molar-refractivity contribution in [3.05, 3.63) is 133 Å². The van der Waals surface area contributed by atoms with Crippen molar-refractivity contribution in [3.63, 3.8) is 0 Å². The number of nitrogens with one attached hydrogen (secondary N) is 1. The Morgan fingerprint density at radius 3 is 2.55 bits per heavy atom. The van der Waals surface area contributed by atoms with E-state index in [1.54, 1.807) is 36.0 Å². The highest BCUT2D eigenvalue weighted by Crippen LogP contribution is 2.35. The molecule has 0 fully saturated rings. The van der Waals surface area contributed by atoms with Crippen molar-refractivity contribution < 1.29 is 13.9 Å². The Bertz CT molecular complexity index is 2200. The summed E-state index contributed by atoms with van der Waals surface area (Å²) < 4.78 is 15.5. The maximum Gasteiger partial charge on any atom is 0.271 e. The van der Waals surface area contributed by atoms with Crippen LogP contribution in [0.2, 0.25) is 0 Å². The number of para-hydroxylation sites is 2. The van der Waals surface area contributed by atoms with Gasteiger partial charge < -0.3 is 14.5 Å². The molecule has 218 valence electrons. The lowest BCUT2D eigenvalue weighted by molar-refractivity contribution is -0.113. The fourth-order valence-corrected chi connectivity index (χ4v) is 8.01. The van der Waals surface area contributed by atoms with Gasteiger partial charge in [-0.25, -0.2) is 9.98 Å². The van der Waals surface area contributed by atoms with Gasteiger partial charge in [-0.2, -0.15) is 0 Å². The summed E-state index contributed by atoms with van der Waals surface area (Å²) in [5.41, 5.74) is 3.04. The Balaban J connectivity index is 1.26. The van der Waals surface area contributed by atoms with Crippen molar-refractivity contribution in [1.29, 1.82) is 0 Å². The average Bonchev–Trinajstić information content (AvgIpc) is 3.74. The molecule has 0 saturated heterocycles. The number of ether oxygens (including phenoxy) is 1. The standard InChI is InChI=1S/C33H24N4O4S3/c1-19-28(30(38)35-21-8-4-3-5-9-21)29(20-12-14-22(40-2)15-13-20)37-31(39)26(42-32(37)34-19)18-23-16-17-27(41-23)44-33-36-24-10-6-7-11-25(24)43-33/h3-18,29H,1-2H3,(H,35,38)/b26-18+. The largest absolute Gasteiger partial charge is 0.497 e. The van der Waals surface area contributed by atoms with Crippen LogP contribution in [0.5, 0.6) is 5.75 Å². The molecule has 0 aliphatic carbocycles. The third-order valence-corrected chi connectivity index (χ3v) is 10.1. The highest BCUT2D eigenvalue weighted by Gasteiger charge is 2.32. The van der Waals surface area contributed by atoms with Crippen molar-refractivity contribution in [2.24, 2.45) is 4.99 Å². The lowest BCUT2D eigenvalue weighted by Gasteiger charge is -2.25. The first-order valence-corrected chi connectivity index (χ1v) is 16.1. The zero-order chi connectivity index (χ0) is 30.2. The monoisotopic (exact) mass is 636 g/mol. The number of benzene rings is 3. The van der Waals surface area contributed by atoms with Gasteiger partial charge in [-0.05, 0) is 72.8 Å². The first kappa shape index (κ1) is 28.1. The zero-order valence-corrected chi connectivity index (χ0v) is 26.0. The number of rotatable bonds is 7. The van der Waals surface area contributed by atoms with Crippen molar-refractivity contribution >= 4 is 62.3 Å². The molecule has 7 rings (SSSR count). The molecule has 1 aliphatic heterocycles. The summed E-state index contributed by atoms with van der Waals surface area (Å²) in [6.45, 7) is 1.80. The van der Waals surface area contributed by atoms with Crippen LogP contribution in [0.1, 0.15) is 24.3 Å². The summed E-state index contributed by atoms with van der Waals surface area (Å²) in [6.07, 6.45) is 1.72. The number of hydrogen-bond acceptors (Lipinski definition) is 9. The number of fused-ring (bicyclic) bond motifs is 2. The van der Waals surface area contributed by atoms with Gasteiger partial charge in [0.15, 0.2) is 14.2 Å². The molecule has 3 aromatic carbocycles. The molecule has 3 aromatic heterocycles. The fraction of sp³-hybridized carbons (Fsp3) is 0.0909. The van der Waals surface area contributed by atoms with E-state index < -0.39 is 6.04 Å². The van der Waals surface area contributed by atoms with Crippen molar-refractivity contribution in [3.8, 4) is 5.75 Å². The average molecular weight is 637 g/mol. The SMILES string of the molecule is COc1ccc(C2C(C(=O)Nc3ccccc3)=C(C)N=c3s/c(=C/c4ccc(Sc5nc6ccccc6s5)o4)c(=O)n32)cc1. The first-order valence-electron chi connectivity index (χ1n) is 13.6. The number of carbonyl (C=O) groups is 1. The van der Waals surface area contributed by atoms with Crippen LogP contribution < -0.4 is 24.9 Å². The summed E-state index contributed by atoms with van der Waals surface area (Å²) >= 11 is 4.31. The van der Waals surface area contributed by atoms with E-state index >= 15 is 0 Å². The van der Waals surface area contributed by atoms with Gasteiger partial charge in [0.1, 0.15) is 11.5 Å². The van der Waals surface area contributed by atoms with E-state index in [9.17, 15) is 9.59 Å². The number of thiazole rings is 2. The molecule has 0 saturated carbocycles. The van der Waals surface area contributed by atoms with Crippen LogP contribution in [0.15, 0.2) is 126 Å². The van der Waals surface area contributed by atoms with Crippen LogP contribution in [0.3, 0.4) is 0 Å². The molecule has 1 aliphatic rings. The minimum Gasteiger partial charge on any atom is -0.497 e. The molecule has 0 bridgehead atoms. The molecule has 11 heteroatoms. The minimum atomic E-state index is -0.690. The summed E-state index contributed by atoms with van der Waals surface area (Å²) in [5.74, 6) is 0.891. The molecule has 1 amide bonds. The number of allylic oxidation sites excluding steroid dienone is 1. The minimum absolute atomic E-state index is 0.260. The van der Waals surface area contributed by atoms with Gasteiger partial charge in [-0.3, -0.25) is 14.2 Å². The van der Waals surface area contributed by atoms with Crippen LogP contribution >= 0.6 is 34.4 Å². The van der Waals surface area contributed by atoms with Gasteiger partial charge in [0.25, 0.3) is 11.5 Å². The second-order valence-corrected chi connectivity index (χ2v) is 13.2. The highest BCUT2D eigenvalue weighted by atomic mass is 32.2. The Hall–Kier alpha value is -4.71. The Labute approximate surface area is 263 Å². The normalized spacial score (nSPS) is 14.9. The number of furan rings is 1. The second kappa shape index (κ2) is 11.8. The van der Waals surface area contributed by atoms with Crippen LogP contribution in [0, 0.1) is 0 Å². The Kier molecular flexibility index (Phi) is 7.51. The molecule has 1 N–H and O–H groups in total. The number of nitrogens with zero attached hydrogens (tertiary/aromatic N) is 3. The number of anilines is 1. The number of hydrogen-bond donors (Lipinski definition) is 1. The number of aromatic nitrogens is 2. The van der Waals surface area contributed by atoms with Gasteiger partial charge in [-0.15, -0.1) is 11.3 Å². The van der Waals surface area contributed by atoms with E-state index in [1.165, 1.54) is 23.1 Å². The van der Waals surface area contributed by atoms with Gasteiger partial charge in [0, 0.05) is 11.8 Å². The van der Waals surface area contributed by atoms with Gasteiger partial charge in [-0.1, -0.05) is 53.8 Å². The second-order valence-electron chi connectivity index (χ2n) is 9.88. The maximum atomic E-state index is 14.0. The van der Waals surface area contributed by atoms with Crippen molar-refractivity contribution in [2.75, 3.05) is 12.4 Å². The Morgan fingerprint density at radius 2 is 1.77 bits per heavy atom. The lowest BCUT2D eigenvalue weighted by atomic mass is 9.95. The third-order valence-electron chi connectivity index (χ3n) is 7.07. The Morgan fingerprint density at radius 1 is 1.00 bits per heavy atom. The molecule has 1 atom stereocenters. The van der Waals surface area contributed by atoms with Gasteiger partial charge in [0.05, 0.1) is 39.2 Å². The van der Waals surface area contributed by atoms with Crippen LogP contribution in [-0.2, 0) is 4.79 Å². The summed E-state index contributed by atoms with van der Waals surface area (Å²) in [6, 6.07) is 27.6. The lowest BCUT2D eigenvalue weighted by Crippen LogP contribution is -2.40. The number of amides is 1. The van der Waals surface area contributed by atoms with Gasteiger partial charge in [0.2, 0.25) is 0 Å². The molecule has 4 heterocycles. The number of methoxy groups -OCH3 is 1. The van der Waals surface area contributed by atoms with Crippen LogP contribution in [-0.4, -0.2) is 22.6 Å². The topological polar surface area (TPSA) is 98.7 Å². The van der Waals surface area contributed by atoms with E-state index in [1.807, 2.05) is 91.0 Å². The number of carbonyl (C=O) groups excluding carboxylic acids is 1. The predicted octanol–water partition coefficient (Wildman–Crippen LogP) is 6.24. The zero-order valence-electron chi connectivity index (χ0n) is 23.5. The quantitative estimate of drug-likeness (QED) is 0.223. The molecule has 0 spiro atoms. The molecular weight excluding hydrogens is 613 g/mol. The molecule has 6 aromatic rings. The molecule has 44 heavy (non-hydrogen) atoms. The fourth-order valence-electron chi connectivity index (χ4n) is 5.01. The van der Waals surface area contributed by atoms with E-state index in [-0.39, 0.29) is 11.5 Å². The molecule has 8 nitrogen and oxygen atoms in total.